The van der Waals surface area contributed by atoms with E-state index in [1.807, 2.05) is 54.2 Å². The van der Waals surface area contributed by atoms with E-state index in [1.165, 1.54) is 0 Å². The predicted molar refractivity (Wildman–Crippen MR) is 85.8 cm³/mol. The number of hydrogen-bond donors (Lipinski definition) is 0. The first-order valence-corrected chi connectivity index (χ1v) is 7.10. The number of nitriles is 1. The lowest BCUT2D eigenvalue weighted by molar-refractivity contribution is 0.736. The minimum Gasteiger partial charge on any atom is -0.297 e. The maximum absolute atomic E-state index is 9.09. The molecule has 110 valence electrons. The van der Waals surface area contributed by atoms with Crippen molar-refractivity contribution in [2.24, 2.45) is 7.05 Å². The van der Waals surface area contributed by atoms with E-state index in [-0.39, 0.29) is 0 Å². The molecule has 0 aliphatic rings. The quantitative estimate of drug-likeness (QED) is 0.570. The van der Waals surface area contributed by atoms with Crippen LogP contribution in [-0.4, -0.2) is 24.5 Å². The summed E-state index contributed by atoms with van der Waals surface area (Å²) in [6.07, 6.45) is 3.63. The number of aryl methyl sites for hydroxylation is 1. The molecule has 0 fully saturated rings. The van der Waals surface area contributed by atoms with Gasteiger partial charge >= 0.3 is 0 Å². The number of nitrogens with zero attached hydrogens (tertiary/aromatic N) is 6. The van der Waals surface area contributed by atoms with Gasteiger partial charge in [-0.15, -0.1) is 5.10 Å². The largest absolute Gasteiger partial charge is 0.297 e. The van der Waals surface area contributed by atoms with Crippen molar-refractivity contribution in [3.63, 3.8) is 0 Å². The third-order valence-electron chi connectivity index (χ3n) is 3.77. The van der Waals surface area contributed by atoms with E-state index in [0.29, 0.717) is 5.56 Å². The van der Waals surface area contributed by atoms with Crippen molar-refractivity contribution in [3.05, 3.63) is 60.4 Å². The molecule has 0 saturated heterocycles. The Morgan fingerprint density at radius 3 is 2.87 bits per heavy atom. The Hall–Kier alpha value is -3.46. The first-order chi connectivity index (χ1) is 11.3. The van der Waals surface area contributed by atoms with Crippen LogP contribution in [0.4, 0.5) is 0 Å². The van der Waals surface area contributed by atoms with Gasteiger partial charge in [-0.05, 0) is 24.3 Å². The smallest absolute Gasteiger partial charge is 0.144 e. The molecule has 0 saturated carbocycles. The van der Waals surface area contributed by atoms with Gasteiger partial charge in [-0.1, -0.05) is 23.4 Å². The topological polar surface area (TPSA) is 72.3 Å². The molecule has 4 rings (SSSR count). The third kappa shape index (κ3) is 2.07. The van der Waals surface area contributed by atoms with Gasteiger partial charge < -0.3 is 0 Å². The van der Waals surface area contributed by atoms with Crippen molar-refractivity contribution in [1.29, 1.82) is 5.26 Å². The SMILES string of the molecule is Cn1nnc2c(-n3ccnc3-c3cccc(C#N)c3)cccc21. The summed E-state index contributed by atoms with van der Waals surface area (Å²) in [6, 6.07) is 15.5. The standard InChI is InChI=1S/C17H12N6/c1-22-14-6-3-7-15(16(14)20-21-22)23-9-8-19-17(23)13-5-2-4-12(10-13)11-18/h2-10H,1H3. The molecule has 0 amide bonds. The van der Waals surface area contributed by atoms with Crippen LogP contribution in [0.3, 0.4) is 0 Å². The Kier molecular flexibility index (Phi) is 2.91. The fourth-order valence-corrected chi connectivity index (χ4v) is 2.68. The minimum absolute atomic E-state index is 0.606. The Balaban J connectivity index is 1.94. The monoisotopic (exact) mass is 300 g/mol. The van der Waals surface area contributed by atoms with Gasteiger partial charge in [0.1, 0.15) is 11.3 Å². The zero-order chi connectivity index (χ0) is 15.8. The second-order valence-electron chi connectivity index (χ2n) is 5.17. The molecule has 0 N–H and O–H groups in total. The summed E-state index contributed by atoms with van der Waals surface area (Å²) < 4.78 is 3.71. The first kappa shape index (κ1) is 13.2. The van der Waals surface area contributed by atoms with E-state index in [9.17, 15) is 0 Å². The van der Waals surface area contributed by atoms with Crippen molar-refractivity contribution < 1.29 is 0 Å². The Morgan fingerprint density at radius 1 is 1.13 bits per heavy atom. The molecule has 0 bridgehead atoms. The fourth-order valence-electron chi connectivity index (χ4n) is 2.68. The summed E-state index contributed by atoms with van der Waals surface area (Å²) >= 11 is 0. The van der Waals surface area contributed by atoms with Crippen LogP contribution in [-0.2, 0) is 7.05 Å². The predicted octanol–water partition coefficient (Wildman–Crippen LogP) is 2.69. The molecular formula is C17H12N6. The van der Waals surface area contributed by atoms with Gasteiger partial charge in [0.25, 0.3) is 0 Å². The Labute approximate surface area is 132 Å². The summed E-state index contributed by atoms with van der Waals surface area (Å²) in [5.74, 6) is 0.764. The molecule has 2 aromatic carbocycles. The van der Waals surface area contributed by atoms with Crippen LogP contribution in [0, 0.1) is 11.3 Å². The molecule has 0 atom stereocenters. The number of benzene rings is 2. The molecule has 2 aromatic heterocycles. The van der Waals surface area contributed by atoms with Crippen LogP contribution in [0.2, 0.25) is 0 Å². The summed E-state index contributed by atoms with van der Waals surface area (Å²) in [5, 5.41) is 17.4. The number of rotatable bonds is 2. The second-order valence-corrected chi connectivity index (χ2v) is 5.17. The molecule has 0 radical (unpaired) electrons. The van der Waals surface area contributed by atoms with Crippen LogP contribution in [0.1, 0.15) is 5.56 Å². The highest BCUT2D eigenvalue weighted by molar-refractivity contribution is 5.84. The average Bonchev–Trinajstić information content (AvgIpc) is 3.22. The normalized spacial score (nSPS) is 10.8. The molecule has 2 heterocycles. The van der Waals surface area contributed by atoms with E-state index >= 15 is 0 Å². The summed E-state index contributed by atoms with van der Waals surface area (Å²) in [6.45, 7) is 0. The molecule has 4 aromatic rings. The zero-order valence-electron chi connectivity index (χ0n) is 12.4. The molecular weight excluding hydrogens is 288 g/mol. The van der Waals surface area contributed by atoms with Crippen molar-refractivity contribution in [1.82, 2.24) is 24.5 Å². The fraction of sp³-hybridized carbons (Fsp3) is 0.0588. The van der Waals surface area contributed by atoms with Gasteiger partial charge in [0, 0.05) is 25.0 Å². The van der Waals surface area contributed by atoms with Crippen LogP contribution >= 0.6 is 0 Å². The van der Waals surface area contributed by atoms with E-state index in [4.69, 9.17) is 5.26 Å². The van der Waals surface area contributed by atoms with Gasteiger partial charge in [0.15, 0.2) is 0 Å². The molecule has 0 aliphatic carbocycles. The second kappa shape index (κ2) is 5.07. The molecule has 0 aliphatic heterocycles. The van der Waals surface area contributed by atoms with E-state index < -0.39 is 0 Å². The van der Waals surface area contributed by atoms with Crippen LogP contribution in [0.5, 0.6) is 0 Å². The maximum Gasteiger partial charge on any atom is 0.144 e. The lowest BCUT2D eigenvalue weighted by Crippen LogP contribution is -1.98. The molecule has 6 heteroatoms. The third-order valence-corrected chi connectivity index (χ3v) is 3.77. The molecule has 0 unspecified atom stereocenters. The Morgan fingerprint density at radius 2 is 2.00 bits per heavy atom. The van der Waals surface area contributed by atoms with Gasteiger partial charge in [-0.2, -0.15) is 5.26 Å². The van der Waals surface area contributed by atoms with Crippen molar-refractivity contribution in [3.8, 4) is 23.1 Å². The van der Waals surface area contributed by atoms with Crippen molar-refractivity contribution in [2.45, 2.75) is 0 Å². The van der Waals surface area contributed by atoms with Gasteiger partial charge in [-0.3, -0.25) is 4.57 Å². The molecule has 6 nitrogen and oxygen atoms in total. The summed E-state index contributed by atoms with van der Waals surface area (Å²) in [7, 11) is 1.87. The minimum atomic E-state index is 0.606. The number of hydrogen-bond acceptors (Lipinski definition) is 4. The van der Waals surface area contributed by atoms with Crippen molar-refractivity contribution >= 4 is 11.0 Å². The molecule has 23 heavy (non-hydrogen) atoms. The average molecular weight is 300 g/mol. The highest BCUT2D eigenvalue weighted by Gasteiger charge is 2.13. The van der Waals surface area contributed by atoms with Crippen molar-refractivity contribution in [2.75, 3.05) is 0 Å². The van der Waals surface area contributed by atoms with Crippen LogP contribution in [0.25, 0.3) is 28.1 Å². The lowest BCUT2D eigenvalue weighted by atomic mass is 10.1. The summed E-state index contributed by atoms with van der Waals surface area (Å²) in [4.78, 5) is 4.45. The number of fused-ring (bicyclic) bond motifs is 1. The van der Waals surface area contributed by atoms with Gasteiger partial charge in [-0.25, -0.2) is 9.67 Å². The first-order valence-electron chi connectivity index (χ1n) is 7.10. The van der Waals surface area contributed by atoms with Gasteiger partial charge in [0.2, 0.25) is 0 Å². The van der Waals surface area contributed by atoms with Gasteiger partial charge in [0.05, 0.1) is 22.8 Å². The lowest BCUT2D eigenvalue weighted by Gasteiger charge is -2.08. The van der Waals surface area contributed by atoms with E-state index in [1.54, 1.807) is 16.9 Å². The summed E-state index contributed by atoms with van der Waals surface area (Å²) in [5.41, 5.74) is 4.16. The Bertz CT molecular complexity index is 1050. The van der Waals surface area contributed by atoms with Crippen LogP contribution in [0.15, 0.2) is 54.9 Å². The maximum atomic E-state index is 9.09. The highest BCUT2D eigenvalue weighted by atomic mass is 15.4. The highest BCUT2D eigenvalue weighted by Crippen LogP contribution is 2.26. The van der Waals surface area contributed by atoms with Crippen LogP contribution < -0.4 is 0 Å². The number of aromatic nitrogens is 5. The zero-order valence-corrected chi connectivity index (χ0v) is 12.4. The van der Waals surface area contributed by atoms with E-state index in [2.05, 4.69) is 21.4 Å². The number of imidazole rings is 1. The van der Waals surface area contributed by atoms with E-state index in [0.717, 1.165) is 28.1 Å². The molecule has 0 spiro atoms.